The Morgan fingerprint density at radius 3 is 2.88 bits per heavy atom. The van der Waals surface area contributed by atoms with Crippen molar-refractivity contribution in [2.45, 2.75) is 38.6 Å². The zero-order valence-electron chi connectivity index (χ0n) is 11.5. The summed E-state index contributed by atoms with van der Waals surface area (Å²) in [7, 11) is 4.10. The Morgan fingerprint density at radius 1 is 1.47 bits per heavy atom. The van der Waals surface area contributed by atoms with Gasteiger partial charge in [0, 0.05) is 6.54 Å². The van der Waals surface area contributed by atoms with Crippen LogP contribution >= 0.6 is 0 Å². The van der Waals surface area contributed by atoms with Gasteiger partial charge in [0.15, 0.2) is 0 Å². The van der Waals surface area contributed by atoms with E-state index in [0.29, 0.717) is 5.92 Å². The molecule has 1 aliphatic rings. The molecule has 100 valence electrons. The van der Waals surface area contributed by atoms with E-state index < -0.39 is 0 Å². The maximum absolute atomic E-state index is 11.9. The van der Waals surface area contributed by atoms with Crippen molar-refractivity contribution in [2.75, 3.05) is 33.7 Å². The molecule has 1 heterocycles. The van der Waals surface area contributed by atoms with Crippen molar-refractivity contribution in [1.82, 2.24) is 15.5 Å². The topological polar surface area (TPSA) is 44.4 Å². The van der Waals surface area contributed by atoms with Crippen molar-refractivity contribution in [3.8, 4) is 0 Å². The molecule has 0 radical (unpaired) electrons. The monoisotopic (exact) mass is 241 g/mol. The molecule has 0 aliphatic carbocycles. The van der Waals surface area contributed by atoms with Crippen LogP contribution in [0.4, 0.5) is 0 Å². The molecular weight excluding hydrogens is 214 g/mol. The van der Waals surface area contributed by atoms with Crippen LogP contribution in [0, 0.1) is 5.92 Å². The van der Waals surface area contributed by atoms with E-state index in [2.05, 4.69) is 36.6 Å². The zero-order chi connectivity index (χ0) is 12.7. The van der Waals surface area contributed by atoms with Gasteiger partial charge in [-0.15, -0.1) is 0 Å². The van der Waals surface area contributed by atoms with E-state index in [1.165, 1.54) is 12.8 Å². The molecule has 2 atom stereocenters. The maximum Gasteiger partial charge on any atom is 0.237 e. The first-order valence-electron chi connectivity index (χ1n) is 6.79. The number of nitrogens with zero attached hydrogens (tertiary/aromatic N) is 1. The van der Waals surface area contributed by atoms with Crippen LogP contribution in [-0.2, 0) is 4.79 Å². The van der Waals surface area contributed by atoms with Gasteiger partial charge in [-0.05, 0) is 52.4 Å². The van der Waals surface area contributed by atoms with Gasteiger partial charge < -0.3 is 15.5 Å². The van der Waals surface area contributed by atoms with Crippen molar-refractivity contribution in [3.63, 3.8) is 0 Å². The molecule has 1 saturated heterocycles. The first-order chi connectivity index (χ1) is 8.13. The van der Waals surface area contributed by atoms with E-state index in [0.717, 1.165) is 32.5 Å². The molecule has 0 aromatic heterocycles. The first kappa shape index (κ1) is 14.5. The Bertz CT molecular complexity index is 231. The third-order valence-electron chi connectivity index (χ3n) is 3.49. The highest BCUT2D eigenvalue weighted by molar-refractivity contribution is 5.81. The van der Waals surface area contributed by atoms with Crippen molar-refractivity contribution >= 4 is 5.91 Å². The SMILES string of the molecule is CCC1CCNC(C(=O)NCCCN(C)C)C1. The van der Waals surface area contributed by atoms with Gasteiger partial charge in [-0.2, -0.15) is 0 Å². The van der Waals surface area contributed by atoms with Gasteiger partial charge in [0.1, 0.15) is 0 Å². The van der Waals surface area contributed by atoms with E-state index in [1.54, 1.807) is 0 Å². The summed E-state index contributed by atoms with van der Waals surface area (Å²) in [6.45, 7) is 5.00. The van der Waals surface area contributed by atoms with Gasteiger partial charge in [0.2, 0.25) is 5.91 Å². The predicted octanol–water partition coefficient (Wildman–Crippen LogP) is 0.833. The average molecular weight is 241 g/mol. The highest BCUT2D eigenvalue weighted by Crippen LogP contribution is 2.19. The second-order valence-electron chi connectivity index (χ2n) is 5.25. The number of hydrogen-bond acceptors (Lipinski definition) is 3. The van der Waals surface area contributed by atoms with Crippen molar-refractivity contribution < 1.29 is 4.79 Å². The summed E-state index contributed by atoms with van der Waals surface area (Å²) in [5, 5.41) is 6.33. The second-order valence-corrected chi connectivity index (χ2v) is 5.25. The summed E-state index contributed by atoms with van der Waals surface area (Å²) < 4.78 is 0. The standard InChI is InChI=1S/C13H27N3O/c1-4-11-6-8-14-12(10-11)13(17)15-7-5-9-16(2)3/h11-12,14H,4-10H2,1-3H3,(H,15,17). The lowest BCUT2D eigenvalue weighted by atomic mass is 9.90. The van der Waals surface area contributed by atoms with Crippen molar-refractivity contribution in [1.29, 1.82) is 0 Å². The van der Waals surface area contributed by atoms with E-state index in [4.69, 9.17) is 0 Å². The molecule has 0 spiro atoms. The molecule has 17 heavy (non-hydrogen) atoms. The van der Waals surface area contributed by atoms with Crippen LogP contribution < -0.4 is 10.6 Å². The number of amides is 1. The number of carbonyl (C=O) groups is 1. The van der Waals surface area contributed by atoms with Crippen LogP contribution in [-0.4, -0.2) is 50.6 Å². The molecule has 4 heteroatoms. The molecule has 0 saturated carbocycles. The van der Waals surface area contributed by atoms with Crippen molar-refractivity contribution in [2.24, 2.45) is 5.92 Å². The molecule has 0 aromatic carbocycles. The Hall–Kier alpha value is -0.610. The number of hydrogen-bond donors (Lipinski definition) is 2. The quantitative estimate of drug-likeness (QED) is 0.677. The number of carbonyl (C=O) groups excluding carboxylic acids is 1. The predicted molar refractivity (Wildman–Crippen MR) is 71.0 cm³/mol. The average Bonchev–Trinajstić information content (AvgIpc) is 2.34. The molecule has 2 unspecified atom stereocenters. The smallest absolute Gasteiger partial charge is 0.237 e. The molecule has 2 N–H and O–H groups in total. The van der Waals surface area contributed by atoms with Gasteiger partial charge >= 0.3 is 0 Å². The van der Waals surface area contributed by atoms with Crippen LogP contribution in [0.15, 0.2) is 0 Å². The number of piperidine rings is 1. The minimum Gasteiger partial charge on any atom is -0.355 e. The molecule has 1 aliphatic heterocycles. The number of nitrogens with one attached hydrogen (secondary N) is 2. The van der Waals surface area contributed by atoms with Crippen LogP contribution in [0.5, 0.6) is 0 Å². The Balaban J connectivity index is 2.18. The molecule has 1 amide bonds. The van der Waals surface area contributed by atoms with Crippen LogP contribution in [0.3, 0.4) is 0 Å². The highest BCUT2D eigenvalue weighted by atomic mass is 16.2. The van der Waals surface area contributed by atoms with Gasteiger partial charge in [-0.3, -0.25) is 4.79 Å². The second kappa shape index (κ2) is 7.67. The van der Waals surface area contributed by atoms with Gasteiger partial charge in [-0.25, -0.2) is 0 Å². The minimum atomic E-state index is 0.0352. The summed E-state index contributed by atoms with van der Waals surface area (Å²) in [4.78, 5) is 14.1. The fourth-order valence-electron chi connectivity index (χ4n) is 2.30. The lowest BCUT2D eigenvalue weighted by Gasteiger charge is -2.28. The fourth-order valence-corrected chi connectivity index (χ4v) is 2.30. The summed E-state index contributed by atoms with van der Waals surface area (Å²) in [5.74, 6) is 0.899. The highest BCUT2D eigenvalue weighted by Gasteiger charge is 2.25. The molecular formula is C13H27N3O. The van der Waals surface area contributed by atoms with Crippen LogP contribution in [0.25, 0.3) is 0 Å². The van der Waals surface area contributed by atoms with Gasteiger partial charge in [0.25, 0.3) is 0 Å². The van der Waals surface area contributed by atoms with Crippen LogP contribution in [0.1, 0.15) is 32.6 Å². The molecule has 1 fully saturated rings. The minimum absolute atomic E-state index is 0.0352. The lowest BCUT2D eigenvalue weighted by Crippen LogP contribution is -2.49. The number of rotatable bonds is 6. The first-order valence-corrected chi connectivity index (χ1v) is 6.79. The van der Waals surface area contributed by atoms with Gasteiger partial charge in [0.05, 0.1) is 6.04 Å². The normalized spacial score (nSPS) is 24.9. The molecule has 0 aromatic rings. The third-order valence-corrected chi connectivity index (χ3v) is 3.49. The Morgan fingerprint density at radius 2 is 2.24 bits per heavy atom. The summed E-state index contributed by atoms with van der Waals surface area (Å²) >= 11 is 0. The van der Waals surface area contributed by atoms with Crippen LogP contribution in [0.2, 0.25) is 0 Å². The summed E-state index contributed by atoms with van der Waals surface area (Å²) in [6.07, 6.45) is 4.41. The Labute approximate surface area is 105 Å². The van der Waals surface area contributed by atoms with Crippen molar-refractivity contribution in [3.05, 3.63) is 0 Å². The molecule has 1 rings (SSSR count). The molecule has 4 nitrogen and oxygen atoms in total. The van der Waals surface area contributed by atoms with E-state index in [-0.39, 0.29) is 11.9 Å². The van der Waals surface area contributed by atoms with E-state index in [9.17, 15) is 4.79 Å². The summed E-state index contributed by atoms with van der Waals surface area (Å²) in [5.41, 5.74) is 0. The fraction of sp³-hybridized carbons (Fsp3) is 0.923. The lowest BCUT2D eigenvalue weighted by molar-refractivity contribution is -0.124. The largest absolute Gasteiger partial charge is 0.355 e. The summed E-state index contributed by atoms with van der Waals surface area (Å²) in [6, 6.07) is 0.0352. The Kier molecular flexibility index (Phi) is 6.52. The third kappa shape index (κ3) is 5.50. The van der Waals surface area contributed by atoms with E-state index in [1.807, 2.05) is 0 Å². The molecule has 0 bridgehead atoms. The van der Waals surface area contributed by atoms with Gasteiger partial charge in [-0.1, -0.05) is 13.3 Å². The maximum atomic E-state index is 11.9. The van der Waals surface area contributed by atoms with E-state index >= 15 is 0 Å². The zero-order valence-corrected chi connectivity index (χ0v) is 11.5.